The third-order valence-corrected chi connectivity index (χ3v) is 16.2. The summed E-state index contributed by atoms with van der Waals surface area (Å²) in [6, 6.07) is 19.9. The molecule has 0 aromatic heterocycles. The van der Waals surface area contributed by atoms with Crippen molar-refractivity contribution in [3.8, 4) is 0 Å². The van der Waals surface area contributed by atoms with Crippen LogP contribution in [-0.2, 0) is 23.3 Å². The zero-order valence-electron chi connectivity index (χ0n) is 21.5. The van der Waals surface area contributed by atoms with Crippen LogP contribution >= 0.6 is 0 Å². The minimum atomic E-state index is -1.23. The van der Waals surface area contributed by atoms with Crippen LogP contribution in [0.3, 0.4) is 0 Å². The van der Waals surface area contributed by atoms with Crippen LogP contribution in [0, 0.1) is 6.08 Å². The van der Waals surface area contributed by atoms with Crippen LogP contribution in [0.15, 0.2) is 60.7 Å². The first-order valence-electron chi connectivity index (χ1n) is 12.5. The van der Waals surface area contributed by atoms with Gasteiger partial charge in [-0.1, -0.05) is 73.9 Å². The fourth-order valence-electron chi connectivity index (χ4n) is 4.27. The van der Waals surface area contributed by atoms with Crippen molar-refractivity contribution in [2.45, 2.75) is 77.1 Å². The van der Waals surface area contributed by atoms with Crippen LogP contribution in [0.4, 0.5) is 0 Å². The van der Waals surface area contributed by atoms with Crippen LogP contribution in [0.5, 0.6) is 0 Å². The second kappa shape index (κ2) is 11.8. The molecule has 0 bridgehead atoms. The summed E-state index contributed by atoms with van der Waals surface area (Å²) in [5, 5.41) is 8.75. The maximum absolute atomic E-state index is 2.99. The number of hydrogen-bond donors (Lipinski definition) is 0. The molecule has 3 aromatic carbocycles. The Hall–Kier alpha value is -0.676. The first kappa shape index (κ1) is 26.9. The third-order valence-electron chi connectivity index (χ3n) is 6.48. The number of benzene rings is 2. The maximum atomic E-state index is 2.99. The van der Waals surface area contributed by atoms with E-state index in [2.05, 4.69) is 93.9 Å². The molecule has 1 aliphatic carbocycles. The van der Waals surface area contributed by atoms with Gasteiger partial charge in [-0.05, 0) is 0 Å². The molecule has 0 amide bonds. The summed E-state index contributed by atoms with van der Waals surface area (Å²) in [7, 11) is -2.47. The summed E-state index contributed by atoms with van der Waals surface area (Å²) >= 11 is 1.87. The van der Waals surface area contributed by atoms with Gasteiger partial charge in [0.2, 0.25) is 0 Å². The zero-order chi connectivity index (χ0) is 24.1. The van der Waals surface area contributed by atoms with Crippen LogP contribution in [-0.4, -0.2) is 21.6 Å². The van der Waals surface area contributed by atoms with E-state index in [4.69, 9.17) is 0 Å². The van der Waals surface area contributed by atoms with Gasteiger partial charge in [-0.25, -0.2) is 12.2 Å². The number of hydrogen-bond acceptors (Lipinski definition) is 0. The van der Waals surface area contributed by atoms with Gasteiger partial charge in [-0.2, -0.15) is 6.08 Å². The van der Waals surface area contributed by atoms with Crippen molar-refractivity contribution >= 4 is 53.5 Å². The molecule has 172 valence electrons. The Bertz CT molecular complexity index is 1070. The summed E-state index contributed by atoms with van der Waals surface area (Å²) in [6.07, 6.45) is 14.6. The summed E-state index contributed by atoms with van der Waals surface area (Å²) < 4.78 is 0. The van der Waals surface area contributed by atoms with Crippen molar-refractivity contribution < 1.29 is 23.3 Å². The second-order valence-electron chi connectivity index (χ2n) is 11.4. The summed E-state index contributed by atoms with van der Waals surface area (Å²) in [4.78, 5) is 0. The van der Waals surface area contributed by atoms with Crippen molar-refractivity contribution in [1.82, 2.24) is 0 Å². The van der Waals surface area contributed by atoms with Crippen molar-refractivity contribution in [3.05, 3.63) is 66.8 Å². The molecule has 2 aliphatic rings. The molecule has 33 heavy (non-hydrogen) atoms. The Balaban J connectivity index is 0.000000207. The van der Waals surface area contributed by atoms with Crippen molar-refractivity contribution in [1.29, 1.82) is 0 Å². The number of fused-ring (bicyclic) bond motifs is 3. The van der Waals surface area contributed by atoms with Gasteiger partial charge in [0, 0.05) is 0 Å². The van der Waals surface area contributed by atoms with Gasteiger partial charge in [-0.3, -0.25) is 6.08 Å². The average Bonchev–Trinajstić information content (AvgIpc) is 3.44. The van der Waals surface area contributed by atoms with E-state index >= 15 is 0 Å². The summed E-state index contributed by atoms with van der Waals surface area (Å²) in [5.41, 5.74) is 0.297. The van der Waals surface area contributed by atoms with E-state index < -0.39 is 16.1 Å². The van der Waals surface area contributed by atoms with Crippen molar-refractivity contribution in [3.63, 3.8) is 0 Å². The van der Waals surface area contributed by atoms with E-state index in [0.29, 0.717) is 5.43 Å². The summed E-state index contributed by atoms with van der Waals surface area (Å²) in [5.74, 6) is 0. The first-order chi connectivity index (χ1) is 15.6. The molecule has 0 nitrogen and oxygen atoms in total. The van der Waals surface area contributed by atoms with Gasteiger partial charge in [0.05, 0.1) is 16.1 Å². The fourth-order valence-corrected chi connectivity index (χ4v) is 10.8. The van der Waals surface area contributed by atoms with Crippen molar-refractivity contribution in [2.75, 3.05) is 0 Å². The minimum absolute atomic E-state index is 0.297. The molecule has 1 fully saturated rings. The van der Waals surface area contributed by atoms with Crippen LogP contribution in [0.2, 0.25) is 51.4 Å². The molecule has 0 N–H and O–H groups in total. The van der Waals surface area contributed by atoms with Gasteiger partial charge in [0.25, 0.3) is 0 Å². The number of allylic oxidation sites excluding steroid dienone is 4. The predicted molar refractivity (Wildman–Crippen MR) is 154 cm³/mol. The van der Waals surface area contributed by atoms with Crippen LogP contribution in [0.1, 0.15) is 25.7 Å². The SMILES string of the molecule is C[Si](C)(C)c1ccc2c(c1)[cH-]c1cc([Si](C)(C)C)ccc12.[C-]1=CC=CC1.[Zr+2]=[Si]1CCCCC1. The van der Waals surface area contributed by atoms with E-state index in [1.54, 1.807) is 35.3 Å². The Kier molecular flexibility index (Phi) is 9.66. The van der Waals surface area contributed by atoms with Crippen LogP contribution in [0.25, 0.3) is 21.5 Å². The van der Waals surface area contributed by atoms with Gasteiger partial charge in [-0.15, -0.1) is 46.2 Å². The molecule has 0 atom stereocenters. The predicted octanol–water partition coefficient (Wildman–Crippen LogP) is 7.82. The molecular formula is C29H40Si3Zr. The van der Waals surface area contributed by atoms with E-state index in [0.717, 1.165) is 6.42 Å². The normalized spacial score (nSPS) is 15.9. The fraction of sp³-hybridized carbons (Fsp3) is 0.414. The van der Waals surface area contributed by atoms with Gasteiger partial charge in [0.15, 0.2) is 0 Å². The average molecular weight is 564 g/mol. The molecule has 1 heterocycles. The van der Waals surface area contributed by atoms with Crippen LogP contribution < -0.4 is 10.4 Å². The van der Waals surface area contributed by atoms with Crippen molar-refractivity contribution in [2.24, 2.45) is 0 Å². The molecule has 3 aromatic rings. The second-order valence-corrected chi connectivity index (χ2v) is 29.0. The zero-order valence-corrected chi connectivity index (χ0v) is 27.0. The quantitative estimate of drug-likeness (QED) is 0.220. The summed E-state index contributed by atoms with van der Waals surface area (Å²) in [6.45, 7) is 14.5. The van der Waals surface area contributed by atoms with E-state index in [1.807, 2.05) is 35.5 Å². The molecule has 0 saturated carbocycles. The Morgan fingerprint density at radius 2 is 1.30 bits per heavy atom. The molecule has 5 rings (SSSR count). The molecule has 4 heteroatoms. The van der Waals surface area contributed by atoms with Gasteiger partial charge >= 0.3 is 60.1 Å². The molecule has 0 radical (unpaired) electrons. The van der Waals surface area contributed by atoms with Gasteiger partial charge in [0.1, 0.15) is 0 Å². The van der Waals surface area contributed by atoms with Gasteiger partial charge < -0.3 is 0 Å². The number of rotatable bonds is 2. The molecule has 0 spiro atoms. The Morgan fingerprint density at radius 1 is 0.788 bits per heavy atom. The first-order valence-corrected chi connectivity index (χ1v) is 25.1. The van der Waals surface area contributed by atoms with E-state index in [9.17, 15) is 0 Å². The van der Waals surface area contributed by atoms with E-state index in [-0.39, 0.29) is 0 Å². The van der Waals surface area contributed by atoms with E-state index in [1.165, 1.54) is 28.0 Å². The topological polar surface area (TPSA) is 0 Å². The monoisotopic (exact) mass is 562 g/mol. The molecule has 1 aliphatic heterocycles. The molecular weight excluding hydrogens is 524 g/mol. The Labute approximate surface area is 219 Å². The Morgan fingerprint density at radius 3 is 1.61 bits per heavy atom. The standard InChI is InChI=1S/C19H25Si2.C5H10Si.C5H5.Zr/c1-20(2,3)16-7-9-18-14(12-16)11-15-13-17(21(4,5)6)8-10-19(15)18;1-2-4-6-5-3-1;1-2-4-5-3-1;/h7-13H,1-6H3;1-5H2;1-3H,4H2;/q-1;;-1;+2. The molecule has 1 saturated heterocycles. The third kappa shape index (κ3) is 7.92. The molecule has 0 unspecified atom stereocenters.